The molecular weight excluding hydrogens is 412 g/mol. The van der Waals surface area contributed by atoms with Crippen molar-refractivity contribution >= 4 is 57.7 Å². The van der Waals surface area contributed by atoms with E-state index in [2.05, 4.69) is 10.3 Å². The predicted octanol–water partition coefficient (Wildman–Crippen LogP) is 1.63. The van der Waals surface area contributed by atoms with Crippen molar-refractivity contribution in [3.8, 4) is 0 Å². The van der Waals surface area contributed by atoms with Crippen LogP contribution in [0.1, 0.15) is 11.3 Å². The van der Waals surface area contributed by atoms with Crippen LogP contribution in [0.5, 0.6) is 0 Å². The van der Waals surface area contributed by atoms with E-state index in [1.165, 1.54) is 34.1 Å². The first-order chi connectivity index (χ1) is 14.0. The van der Waals surface area contributed by atoms with Crippen molar-refractivity contribution in [3.05, 3.63) is 58.7 Å². The molecule has 10 heteroatoms. The number of carbonyl (C=O) groups is 3. The molecule has 2 aliphatic rings. The van der Waals surface area contributed by atoms with Crippen molar-refractivity contribution in [2.45, 2.75) is 11.4 Å². The number of nitrogens with one attached hydrogen (secondary N) is 1. The minimum absolute atomic E-state index is 0.0448. The number of hydrogen-bond acceptors (Lipinski definition) is 7. The van der Waals surface area contributed by atoms with Crippen LogP contribution >= 0.6 is 23.1 Å². The van der Waals surface area contributed by atoms with Gasteiger partial charge in [-0.25, -0.2) is 9.78 Å². The maximum absolute atomic E-state index is 13.0. The molecule has 0 unspecified atom stereocenters. The Hall–Kier alpha value is -3.11. The van der Waals surface area contributed by atoms with E-state index in [9.17, 15) is 19.5 Å². The van der Waals surface area contributed by atoms with Crippen molar-refractivity contribution in [3.63, 3.8) is 0 Å². The van der Waals surface area contributed by atoms with Gasteiger partial charge in [-0.15, -0.1) is 23.1 Å². The molecule has 148 valence electrons. The number of benzene rings is 1. The molecule has 8 nitrogen and oxygen atoms in total. The normalized spacial score (nSPS) is 21.1. The van der Waals surface area contributed by atoms with E-state index in [4.69, 9.17) is 5.73 Å². The molecule has 0 spiro atoms. The molecule has 1 aromatic heterocycles. The topological polar surface area (TPSA) is 126 Å². The SMILES string of the molecule is Nc1nc(/C(=C/c2ccccc2)C(=O)N[C@@H]2C(=O)N3C(C(=O)O)=CCS[C@H]23)cs1. The minimum Gasteiger partial charge on any atom is -0.477 e. The standard InChI is InChI=1S/C19H16N4O4S2/c20-19-21-12(9-29-19)11(8-10-4-2-1-3-5-10)15(24)22-14-16(25)23-13(18(26)27)6-7-28-17(14)23/h1-6,8-9,14,17H,7H2,(H2,20,21)(H,22,24)(H,26,27)/b11-8-/t14-,17-/m1/s1. The van der Waals surface area contributed by atoms with Crippen LogP contribution in [0.15, 0.2) is 47.5 Å². The molecule has 0 aliphatic carbocycles. The third kappa shape index (κ3) is 3.64. The van der Waals surface area contributed by atoms with Gasteiger partial charge < -0.3 is 16.2 Å². The monoisotopic (exact) mass is 428 g/mol. The molecule has 0 radical (unpaired) electrons. The number of aromatic nitrogens is 1. The number of carbonyl (C=O) groups excluding carboxylic acids is 2. The van der Waals surface area contributed by atoms with Crippen molar-refractivity contribution in [1.29, 1.82) is 0 Å². The number of fused-ring (bicyclic) bond motifs is 1. The Kier molecular flexibility index (Phi) is 5.12. The molecule has 0 bridgehead atoms. The first-order valence-electron chi connectivity index (χ1n) is 8.63. The van der Waals surface area contributed by atoms with Crippen LogP contribution in [-0.2, 0) is 14.4 Å². The van der Waals surface area contributed by atoms with E-state index in [1.54, 1.807) is 11.5 Å². The lowest BCUT2D eigenvalue weighted by Crippen LogP contribution is -2.70. The molecule has 3 heterocycles. The molecule has 1 aromatic carbocycles. The number of thiazole rings is 1. The molecular formula is C19H16N4O4S2. The lowest BCUT2D eigenvalue weighted by Gasteiger charge is -2.48. The third-order valence-electron chi connectivity index (χ3n) is 4.51. The number of hydrogen-bond donors (Lipinski definition) is 3. The molecule has 4 N–H and O–H groups in total. The highest BCUT2D eigenvalue weighted by Crippen LogP contribution is 2.37. The Morgan fingerprint density at radius 1 is 1.31 bits per heavy atom. The molecule has 1 fully saturated rings. The lowest BCUT2D eigenvalue weighted by atomic mass is 10.0. The highest BCUT2D eigenvalue weighted by atomic mass is 32.2. The molecule has 2 aromatic rings. The Labute approximate surface area is 174 Å². The zero-order valence-electron chi connectivity index (χ0n) is 14.9. The van der Waals surface area contributed by atoms with Crippen molar-refractivity contribution in [1.82, 2.24) is 15.2 Å². The molecule has 4 rings (SSSR count). The summed E-state index contributed by atoms with van der Waals surface area (Å²) in [5.41, 5.74) is 7.18. The van der Waals surface area contributed by atoms with Gasteiger partial charge in [-0.05, 0) is 17.7 Å². The molecule has 0 saturated carbocycles. The Morgan fingerprint density at radius 2 is 2.07 bits per heavy atom. The Morgan fingerprint density at radius 3 is 2.72 bits per heavy atom. The number of thioether (sulfide) groups is 1. The van der Waals surface area contributed by atoms with Crippen molar-refractivity contribution < 1.29 is 19.5 Å². The number of anilines is 1. The molecule has 1 saturated heterocycles. The van der Waals surface area contributed by atoms with Gasteiger partial charge in [-0.1, -0.05) is 30.3 Å². The summed E-state index contributed by atoms with van der Waals surface area (Å²) in [7, 11) is 0. The maximum Gasteiger partial charge on any atom is 0.352 e. The van der Waals surface area contributed by atoms with Crippen molar-refractivity contribution in [2.24, 2.45) is 0 Å². The molecule has 2 aliphatic heterocycles. The number of nitrogen functional groups attached to an aromatic ring is 1. The highest BCUT2D eigenvalue weighted by molar-refractivity contribution is 8.00. The van der Waals surface area contributed by atoms with Gasteiger partial charge in [0.15, 0.2) is 5.13 Å². The summed E-state index contributed by atoms with van der Waals surface area (Å²) in [6.07, 6.45) is 3.18. The summed E-state index contributed by atoms with van der Waals surface area (Å²) in [5, 5.41) is 13.6. The molecule has 29 heavy (non-hydrogen) atoms. The van der Waals surface area contributed by atoms with E-state index in [1.807, 2.05) is 30.3 Å². The van der Waals surface area contributed by atoms with E-state index in [0.29, 0.717) is 16.6 Å². The van der Waals surface area contributed by atoms with Crippen LogP contribution < -0.4 is 11.1 Å². The molecule has 2 atom stereocenters. The van der Waals surface area contributed by atoms with E-state index in [-0.39, 0.29) is 11.3 Å². The van der Waals surface area contributed by atoms with Gasteiger partial charge in [0.2, 0.25) is 0 Å². The largest absolute Gasteiger partial charge is 0.477 e. The fourth-order valence-electron chi connectivity index (χ4n) is 3.14. The number of aliphatic carboxylic acids is 1. The van der Waals surface area contributed by atoms with Gasteiger partial charge in [0.25, 0.3) is 11.8 Å². The van der Waals surface area contributed by atoms with Crippen LogP contribution in [-0.4, -0.2) is 49.9 Å². The third-order valence-corrected chi connectivity index (χ3v) is 6.36. The highest BCUT2D eigenvalue weighted by Gasteiger charge is 2.52. The Bertz CT molecular complexity index is 1050. The van der Waals surface area contributed by atoms with Crippen LogP contribution in [0.2, 0.25) is 0 Å². The summed E-state index contributed by atoms with van der Waals surface area (Å²) >= 11 is 2.62. The van der Waals surface area contributed by atoms with E-state index >= 15 is 0 Å². The Balaban J connectivity index is 1.58. The second kappa shape index (κ2) is 7.72. The second-order valence-corrected chi connectivity index (χ2v) is 8.36. The van der Waals surface area contributed by atoms with Gasteiger partial charge in [0.1, 0.15) is 17.1 Å². The average molecular weight is 428 g/mol. The summed E-state index contributed by atoms with van der Waals surface area (Å²) < 4.78 is 0. The number of carboxylic acid groups (broad SMARTS) is 1. The number of β-lactam (4-membered cyclic amide) rings is 1. The quantitative estimate of drug-likeness (QED) is 0.488. The van der Waals surface area contributed by atoms with Crippen molar-refractivity contribution in [2.75, 3.05) is 11.5 Å². The van der Waals surface area contributed by atoms with E-state index < -0.39 is 29.2 Å². The number of nitrogens with two attached hydrogens (primary N) is 1. The summed E-state index contributed by atoms with van der Waals surface area (Å²) in [6.45, 7) is 0. The number of rotatable bonds is 5. The van der Waals surface area contributed by atoms with Gasteiger partial charge in [0.05, 0.1) is 11.3 Å². The first-order valence-corrected chi connectivity index (χ1v) is 10.6. The van der Waals surface area contributed by atoms with Crippen LogP contribution in [0.25, 0.3) is 11.6 Å². The number of amides is 2. The summed E-state index contributed by atoms with van der Waals surface area (Å²) in [4.78, 5) is 42.3. The average Bonchev–Trinajstić information content (AvgIpc) is 3.15. The second-order valence-electron chi connectivity index (χ2n) is 6.32. The zero-order chi connectivity index (χ0) is 20.5. The lowest BCUT2D eigenvalue weighted by molar-refractivity contribution is -0.150. The fourth-order valence-corrected chi connectivity index (χ4v) is 4.90. The molecule has 2 amide bonds. The number of carboxylic acids is 1. The predicted molar refractivity (Wildman–Crippen MR) is 112 cm³/mol. The fraction of sp³-hybridized carbons (Fsp3) is 0.158. The minimum atomic E-state index is -1.16. The maximum atomic E-state index is 13.0. The zero-order valence-corrected chi connectivity index (χ0v) is 16.6. The first kappa shape index (κ1) is 19.2. The summed E-state index contributed by atoms with van der Waals surface area (Å²) in [6, 6.07) is 8.46. The smallest absolute Gasteiger partial charge is 0.352 e. The van der Waals surface area contributed by atoms with Crippen LogP contribution in [0.4, 0.5) is 5.13 Å². The van der Waals surface area contributed by atoms with Gasteiger partial charge >= 0.3 is 5.97 Å². The van der Waals surface area contributed by atoms with E-state index in [0.717, 1.165) is 5.56 Å². The number of nitrogens with zero attached hydrogens (tertiary/aromatic N) is 2. The van der Waals surface area contributed by atoms with Gasteiger partial charge in [0, 0.05) is 11.1 Å². The van der Waals surface area contributed by atoms with Gasteiger partial charge in [-0.3, -0.25) is 14.5 Å². The summed E-state index contributed by atoms with van der Waals surface area (Å²) in [5.74, 6) is -1.61. The van der Waals surface area contributed by atoms with Crippen LogP contribution in [0, 0.1) is 0 Å². The van der Waals surface area contributed by atoms with Crippen LogP contribution in [0.3, 0.4) is 0 Å². The van der Waals surface area contributed by atoms with Gasteiger partial charge in [-0.2, -0.15) is 0 Å².